The van der Waals surface area contributed by atoms with Gasteiger partial charge in [-0.05, 0) is 57.9 Å². The van der Waals surface area contributed by atoms with Gasteiger partial charge in [-0.3, -0.25) is 10.1 Å². The smallest absolute Gasteiger partial charge is 0.416 e. The third-order valence-electron chi connectivity index (χ3n) is 6.18. The SMILES string of the molecule is CC(C)(C)OC(=O)N1CCN(c2ccc(C(=O)Nc3nc4cc(C(F)(F)F)cc(NC5CC5)n4n3)cn2)CC1. The Hall–Kier alpha value is -4.10. The fourth-order valence-corrected chi connectivity index (χ4v) is 4.07. The Morgan fingerprint density at radius 1 is 1.05 bits per heavy atom. The van der Waals surface area contributed by atoms with Crippen molar-refractivity contribution in [3.63, 3.8) is 0 Å². The summed E-state index contributed by atoms with van der Waals surface area (Å²) in [6.45, 7) is 7.53. The van der Waals surface area contributed by atoms with Gasteiger partial charge >= 0.3 is 12.3 Å². The van der Waals surface area contributed by atoms with Crippen molar-refractivity contribution < 1.29 is 27.5 Å². The van der Waals surface area contributed by atoms with Gasteiger partial charge in [-0.25, -0.2) is 9.78 Å². The second-order valence-corrected chi connectivity index (χ2v) is 10.6. The zero-order valence-electron chi connectivity index (χ0n) is 21.7. The van der Waals surface area contributed by atoms with Crippen LogP contribution in [0.25, 0.3) is 5.65 Å². The number of piperazine rings is 1. The first-order valence-corrected chi connectivity index (χ1v) is 12.6. The van der Waals surface area contributed by atoms with Crippen LogP contribution in [0.15, 0.2) is 30.5 Å². The van der Waals surface area contributed by atoms with Gasteiger partial charge in [0.15, 0.2) is 5.65 Å². The highest BCUT2D eigenvalue weighted by Gasteiger charge is 2.33. The lowest BCUT2D eigenvalue weighted by atomic mass is 10.2. The summed E-state index contributed by atoms with van der Waals surface area (Å²) >= 11 is 0. The Balaban J connectivity index is 1.24. The first kappa shape index (κ1) is 26.5. The molecular formula is C25H29F3N8O3. The molecule has 4 heterocycles. The van der Waals surface area contributed by atoms with Crippen LogP contribution < -0.4 is 15.5 Å². The summed E-state index contributed by atoms with van der Waals surface area (Å²) < 4.78 is 46.8. The van der Waals surface area contributed by atoms with Crippen molar-refractivity contribution in [2.45, 2.75) is 51.4 Å². The number of nitrogens with one attached hydrogen (secondary N) is 2. The molecule has 11 nitrogen and oxygen atoms in total. The molecule has 0 bridgehead atoms. The Bertz CT molecular complexity index is 1370. The summed E-state index contributed by atoms with van der Waals surface area (Å²) in [4.78, 5) is 37.2. The molecule has 14 heteroatoms. The van der Waals surface area contributed by atoms with Gasteiger partial charge in [0.05, 0.1) is 11.1 Å². The maximum absolute atomic E-state index is 13.4. The van der Waals surface area contributed by atoms with Gasteiger partial charge in [-0.1, -0.05) is 0 Å². The van der Waals surface area contributed by atoms with Gasteiger partial charge < -0.3 is 19.9 Å². The first-order chi connectivity index (χ1) is 18.4. The fourth-order valence-electron chi connectivity index (χ4n) is 4.07. The van der Waals surface area contributed by atoms with E-state index >= 15 is 0 Å². The number of anilines is 3. The number of aromatic nitrogens is 4. The molecule has 0 radical (unpaired) electrons. The van der Waals surface area contributed by atoms with E-state index in [0.29, 0.717) is 32.0 Å². The minimum absolute atomic E-state index is 0.0396. The molecule has 39 heavy (non-hydrogen) atoms. The molecule has 2 fully saturated rings. The maximum Gasteiger partial charge on any atom is 0.416 e. The summed E-state index contributed by atoms with van der Waals surface area (Å²) in [7, 11) is 0. The van der Waals surface area contributed by atoms with Crippen molar-refractivity contribution in [3.05, 3.63) is 41.6 Å². The summed E-state index contributed by atoms with van der Waals surface area (Å²) in [5.74, 6) is 0.137. The molecule has 0 atom stereocenters. The highest BCUT2D eigenvalue weighted by atomic mass is 19.4. The number of carbonyl (C=O) groups excluding carboxylic acids is 2. The number of hydrogen-bond donors (Lipinski definition) is 2. The zero-order chi connectivity index (χ0) is 27.9. The molecule has 0 unspecified atom stereocenters. The van der Waals surface area contributed by atoms with Crippen molar-refractivity contribution in [1.82, 2.24) is 24.5 Å². The molecule has 5 rings (SSSR count). The van der Waals surface area contributed by atoms with Crippen LogP contribution in [0.5, 0.6) is 0 Å². The monoisotopic (exact) mass is 546 g/mol. The topological polar surface area (TPSA) is 117 Å². The number of rotatable bonds is 5. The lowest BCUT2D eigenvalue weighted by molar-refractivity contribution is -0.137. The quantitative estimate of drug-likeness (QED) is 0.493. The van der Waals surface area contributed by atoms with Crippen molar-refractivity contribution in [2.75, 3.05) is 41.7 Å². The number of ether oxygens (including phenoxy) is 1. The number of carbonyl (C=O) groups is 2. The van der Waals surface area contributed by atoms with Crippen LogP contribution in [-0.4, -0.2) is 74.3 Å². The van der Waals surface area contributed by atoms with Crippen LogP contribution in [0.3, 0.4) is 0 Å². The summed E-state index contributed by atoms with van der Waals surface area (Å²) in [6, 6.07) is 5.25. The van der Waals surface area contributed by atoms with E-state index in [4.69, 9.17) is 4.74 Å². The van der Waals surface area contributed by atoms with E-state index in [1.165, 1.54) is 10.7 Å². The Labute approximate surface area is 222 Å². The van der Waals surface area contributed by atoms with Gasteiger partial charge in [-0.15, -0.1) is 5.10 Å². The van der Waals surface area contributed by atoms with E-state index in [1.54, 1.807) is 17.0 Å². The molecule has 2 N–H and O–H groups in total. The molecule has 3 aromatic heterocycles. The zero-order valence-corrected chi connectivity index (χ0v) is 21.7. The number of hydrogen-bond acceptors (Lipinski definition) is 8. The van der Waals surface area contributed by atoms with E-state index in [9.17, 15) is 22.8 Å². The van der Waals surface area contributed by atoms with Crippen molar-refractivity contribution >= 4 is 35.2 Å². The van der Waals surface area contributed by atoms with Crippen molar-refractivity contribution in [1.29, 1.82) is 0 Å². The van der Waals surface area contributed by atoms with Crippen LogP contribution in [0.2, 0.25) is 0 Å². The molecule has 1 saturated carbocycles. The minimum atomic E-state index is -4.55. The lowest BCUT2D eigenvalue weighted by Gasteiger charge is -2.36. The predicted octanol–water partition coefficient (Wildman–Crippen LogP) is 4.03. The van der Waals surface area contributed by atoms with Crippen LogP contribution in [0, 0.1) is 0 Å². The maximum atomic E-state index is 13.4. The van der Waals surface area contributed by atoms with Crippen LogP contribution in [-0.2, 0) is 10.9 Å². The molecule has 1 aliphatic heterocycles. The standard InChI is InChI=1S/C25H29F3N8O3/c1-24(2,3)39-23(38)35-10-8-34(9-11-35)18-7-4-15(14-29-18)21(37)32-22-31-20-13-16(25(26,27)28)12-19(36(20)33-22)30-17-5-6-17/h4,7,12-14,17,30H,5-6,8-11H2,1-3H3,(H,32,33,37). The molecule has 3 aromatic rings. The fraction of sp³-hybridized carbons (Fsp3) is 0.480. The number of nitrogens with zero attached hydrogens (tertiary/aromatic N) is 6. The normalized spacial score (nSPS) is 16.4. The van der Waals surface area contributed by atoms with E-state index in [-0.39, 0.29) is 35.1 Å². The van der Waals surface area contributed by atoms with Gasteiger partial charge in [0, 0.05) is 38.4 Å². The Morgan fingerprint density at radius 3 is 2.36 bits per heavy atom. The van der Waals surface area contributed by atoms with E-state index in [1.807, 2.05) is 25.7 Å². The molecule has 0 spiro atoms. The minimum Gasteiger partial charge on any atom is -0.444 e. The number of fused-ring (bicyclic) bond motifs is 1. The largest absolute Gasteiger partial charge is 0.444 e. The van der Waals surface area contributed by atoms with Crippen molar-refractivity contribution in [3.8, 4) is 0 Å². The third kappa shape index (κ3) is 6.32. The van der Waals surface area contributed by atoms with Gasteiger partial charge in [0.1, 0.15) is 17.2 Å². The molecule has 0 aromatic carbocycles. The van der Waals surface area contributed by atoms with E-state index < -0.39 is 23.2 Å². The van der Waals surface area contributed by atoms with Crippen LogP contribution in [0.1, 0.15) is 49.5 Å². The highest BCUT2D eigenvalue weighted by molar-refractivity contribution is 6.03. The van der Waals surface area contributed by atoms with Gasteiger partial charge in [0.25, 0.3) is 5.91 Å². The summed E-state index contributed by atoms with van der Waals surface area (Å²) in [6.07, 6.45) is -1.78. The molecule has 2 aliphatic rings. The second-order valence-electron chi connectivity index (χ2n) is 10.6. The molecule has 1 saturated heterocycles. The first-order valence-electron chi connectivity index (χ1n) is 12.6. The number of halogens is 3. The third-order valence-corrected chi connectivity index (χ3v) is 6.18. The molecular weight excluding hydrogens is 517 g/mol. The molecule has 2 amide bonds. The van der Waals surface area contributed by atoms with Crippen LogP contribution in [0.4, 0.5) is 35.5 Å². The lowest BCUT2D eigenvalue weighted by Crippen LogP contribution is -2.50. The van der Waals surface area contributed by atoms with E-state index in [0.717, 1.165) is 25.0 Å². The molecule has 1 aliphatic carbocycles. The van der Waals surface area contributed by atoms with Gasteiger partial charge in [0.2, 0.25) is 5.95 Å². The van der Waals surface area contributed by atoms with Crippen LogP contribution >= 0.6 is 0 Å². The predicted molar refractivity (Wildman–Crippen MR) is 137 cm³/mol. The average molecular weight is 547 g/mol. The molecule has 208 valence electrons. The number of amides is 2. The van der Waals surface area contributed by atoms with Crippen molar-refractivity contribution in [2.24, 2.45) is 0 Å². The number of alkyl halides is 3. The second kappa shape index (κ2) is 9.89. The number of pyridine rings is 2. The Morgan fingerprint density at radius 2 is 1.77 bits per heavy atom. The Kier molecular flexibility index (Phi) is 6.72. The van der Waals surface area contributed by atoms with Gasteiger partial charge in [-0.2, -0.15) is 22.7 Å². The summed E-state index contributed by atoms with van der Waals surface area (Å²) in [5.41, 5.74) is -1.22. The average Bonchev–Trinajstić information content (AvgIpc) is 3.59. The highest BCUT2D eigenvalue weighted by Crippen LogP contribution is 2.33. The summed E-state index contributed by atoms with van der Waals surface area (Å²) in [5, 5.41) is 9.75. The van der Waals surface area contributed by atoms with E-state index in [2.05, 4.69) is 25.7 Å².